The second-order valence-electron chi connectivity index (χ2n) is 12.5. The lowest BCUT2D eigenvalue weighted by atomic mass is 9.69. The molecular weight excluding hydrogens is 577 g/mol. The van der Waals surface area contributed by atoms with E-state index in [1.54, 1.807) is 24.3 Å². The summed E-state index contributed by atoms with van der Waals surface area (Å²) in [5.74, 6) is -1.35. The smallest absolute Gasteiger partial charge is 0.488 e. The lowest BCUT2D eigenvalue weighted by Crippen LogP contribution is -2.35. The fourth-order valence-corrected chi connectivity index (χ4v) is 7.75. The molecule has 232 valence electrons. The number of phenols is 1. The van der Waals surface area contributed by atoms with E-state index < -0.39 is 19.0 Å². The molecule has 4 aromatic carbocycles. The number of anilines is 1. The highest BCUT2D eigenvalue weighted by Crippen LogP contribution is 2.51. The van der Waals surface area contributed by atoms with E-state index in [9.17, 15) is 24.7 Å². The van der Waals surface area contributed by atoms with Crippen molar-refractivity contribution in [2.75, 3.05) is 11.5 Å². The van der Waals surface area contributed by atoms with E-state index in [0.29, 0.717) is 18.7 Å². The number of carbonyl (C=O) groups is 2. The van der Waals surface area contributed by atoms with Crippen molar-refractivity contribution >= 4 is 52.5 Å². The topological polar surface area (TPSA) is 107 Å². The van der Waals surface area contributed by atoms with Crippen LogP contribution in [0, 0.1) is 17.8 Å². The minimum Gasteiger partial charge on any atom is -0.507 e. The number of hydrogen-bond donors (Lipinski definition) is 3. The van der Waals surface area contributed by atoms with Gasteiger partial charge < -0.3 is 19.9 Å². The molecule has 0 radical (unpaired) electrons. The summed E-state index contributed by atoms with van der Waals surface area (Å²) in [6, 6.07) is 28.2. The highest BCUT2D eigenvalue weighted by atomic mass is 16.5. The molecule has 4 atom stereocenters. The van der Waals surface area contributed by atoms with Crippen molar-refractivity contribution in [1.82, 2.24) is 0 Å². The standard InChI is InChI=1S/C38H36BNO6/c1-2-23-20-31-36(38(43)40(37(31)42)28-12-8-11-27(21-28)39(44)45)32-22-46-34(35(23)32)18-16-25(24-9-4-3-5-10-24)19-26-15-17-33(41)30-14-7-6-13-29(26)30/h3-15,17,19,21,31-32,34,36,41,44-45H,2,16,18,20,22H2,1H3/b25-19-/t31-,32+,34-,36-/m1/s1. The molecule has 0 bridgehead atoms. The summed E-state index contributed by atoms with van der Waals surface area (Å²) < 4.78 is 6.47. The van der Waals surface area contributed by atoms with Gasteiger partial charge in [0.1, 0.15) is 5.75 Å². The Labute approximate surface area is 268 Å². The number of rotatable bonds is 8. The Bertz CT molecular complexity index is 1880. The molecule has 0 saturated carbocycles. The number of allylic oxidation sites excluding steroid dienone is 2. The Hall–Kier alpha value is -4.50. The third kappa shape index (κ3) is 5.26. The van der Waals surface area contributed by atoms with Crippen LogP contribution in [-0.4, -0.2) is 46.8 Å². The molecule has 1 aliphatic carbocycles. The fraction of sp³-hybridized carbons (Fsp3) is 0.263. The van der Waals surface area contributed by atoms with Crippen molar-refractivity contribution in [3.63, 3.8) is 0 Å². The van der Waals surface area contributed by atoms with Crippen LogP contribution in [0.2, 0.25) is 0 Å². The van der Waals surface area contributed by atoms with Crippen LogP contribution in [0.3, 0.4) is 0 Å². The van der Waals surface area contributed by atoms with Crippen molar-refractivity contribution < 1.29 is 29.5 Å². The molecule has 8 heteroatoms. The number of nitrogens with zero attached hydrogens (tertiary/aromatic N) is 1. The van der Waals surface area contributed by atoms with Gasteiger partial charge in [-0.25, -0.2) is 0 Å². The molecule has 4 aromatic rings. The van der Waals surface area contributed by atoms with Crippen molar-refractivity contribution in [2.45, 2.75) is 38.7 Å². The van der Waals surface area contributed by atoms with E-state index >= 15 is 0 Å². The van der Waals surface area contributed by atoms with E-state index in [4.69, 9.17) is 4.74 Å². The lowest BCUT2D eigenvalue weighted by molar-refractivity contribution is -0.122. The molecule has 2 heterocycles. The van der Waals surface area contributed by atoms with Gasteiger partial charge in [0.15, 0.2) is 0 Å². The van der Waals surface area contributed by atoms with Crippen LogP contribution >= 0.6 is 0 Å². The molecule has 0 spiro atoms. The van der Waals surface area contributed by atoms with Gasteiger partial charge in [0.05, 0.1) is 30.2 Å². The number of benzene rings is 4. The molecule has 7 nitrogen and oxygen atoms in total. The third-order valence-corrected chi connectivity index (χ3v) is 9.95. The number of ether oxygens (including phenoxy) is 1. The zero-order chi connectivity index (χ0) is 31.9. The van der Waals surface area contributed by atoms with Gasteiger partial charge in [-0.2, -0.15) is 0 Å². The molecular formula is C38H36BNO6. The van der Waals surface area contributed by atoms with Gasteiger partial charge in [0.2, 0.25) is 11.8 Å². The van der Waals surface area contributed by atoms with Gasteiger partial charge in [-0.3, -0.25) is 14.5 Å². The van der Waals surface area contributed by atoms with Crippen molar-refractivity contribution in [2.24, 2.45) is 17.8 Å². The number of amides is 2. The van der Waals surface area contributed by atoms with Gasteiger partial charge in [0.25, 0.3) is 0 Å². The normalized spacial score (nSPS) is 22.8. The van der Waals surface area contributed by atoms with Gasteiger partial charge in [-0.1, -0.05) is 91.4 Å². The molecule has 2 fully saturated rings. The van der Waals surface area contributed by atoms with E-state index in [0.717, 1.165) is 46.7 Å². The summed E-state index contributed by atoms with van der Waals surface area (Å²) in [4.78, 5) is 28.9. The monoisotopic (exact) mass is 613 g/mol. The highest BCUT2D eigenvalue weighted by Gasteiger charge is 2.57. The van der Waals surface area contributed by atoms with Crippen LogP contribution in [0.15, 0.2) is 102 Å². The summed E-state index contributed by atoms with van der Waals surface area (Å²) >= 11 is 0. The number of carbonyl (C=O) groups excluding carboxylic acids is 2. The summed E-state index contributed by atoms with van der Waals surface area (Å²) in [6.07, 6.45) is 4.81. The number of phenolic OH excluding ortho intramolecular Hbond substituents is 1. The van der Waals surface area contributed by atoms with Crippen molar-refractivity contribution in [3.8, 4) is 5.75 Å². The van der Waals surface area contributed by atoms with Gasteiger partial charge in [-0.15, -0.1) is 0 Å². The number of imide groups is 1. The van der Waals surface area contributed by atoms with E-state index in [1.165, 1.54) is 22.1 Å². The molecule has 3 aliphatic rings. The minimum absolute atomic E-state index is 0.158. The Morgan fingerprint density at radius 2 is 1.67 bits per heavy atom. The summed E-state index contributed by atoms with van der Waals surface area (Å²) in [6.45, 7) is 2.49. The SMILES string of the molecule is CCC1=C2[C@@H](CC/C(=C/c3ccc(O)c4ccccc34)c3ccccc3)OC[C@@H]2[C@@H]2C(=O)N(c3cccc(B(O)O)c3)C(=O)[C@@H]2C1. The molecule has 3 N–H and O–H groups in total. The third-order valence-electron chi connectivity index (χ3n) is 9.95. The fourth-order valence-electron chi connectivity index (χ4n) is 7.75. The Kier molecular flexibility index (Phi) is 8.11. The molecule has 46 heavy (non-hydrogen) atoms. The zero-order valence-corrected chi connectivity index (χ0v) is 25.7. The summed E-state index contributed by atoms with van der Waals surface area (Å²) in [5.41, 5.74) is 6.27. The quantitative estimate of drug-likeness (QED) is 0.105. The number of fused-ring (bicyclic) bond motifs is 4. The Morgan fingerprint density at radius 1 is 0.913 bits per heavy atom. The Morgan fingerprint density at radius 3 is 2.43 bits per heavy atom. The average molecular weight is 614 g/mol. The van der Waals surface area contributed by atoms with E-state index in [1.807, 2.05) is 48.5 Å². The predicted molar refractivity (Wildman–Crippen MR) is 180 cm³/mol. The van der Waals surface area contributed by atoms with Crippen molar-refractivity contribution in [3.05, 3.63) is 113 Å². The largest absolute Gasteiger partial charge is 0.507 e. The van der Waals surface area contributed by atoms with Gasteiger partial charge in [0, 0.05) is 11.3 Å². The van der Waals surface area contributed by atoms with Crippen LogP contribution in [0.4, 0.5) is 5.69 Å². The number of aromatic hydroxyl groups is 1. The Balaban J connectivity index is 1.18. The summed E-state index contributed by atoms with van der Waals surface area (Å²) in [5, 5.41) is 31.6. The average Bonchev–Trinajstić information content (AvgIpc) is 3.61. The molecule has 0 aromatic heterocycles. The first-order valence-corrected chi connectivity index (χ1v) is 16.0. The lowest BCUT2D eigenvalue weighted by Gasteiger charge is -2.31. The van der Waals surface area contributed by atoms with E-state index in [2.05, 4.69) is 25.1 Å². The van der Waals surface area contributed by atoms with Crippen LogP contribution in [-0.2, 0) is 14.3 Å². The predicted octanol–water partition coefficient (Wildman–Crippen LogP) is 5.48. The van der Waals surface area contributed by atoms with Gasteiger partial charge in [-0.05, 0) is 77.0 Å². The van der Waals surface area contributed by atoms with Crippen LogP contribution in [0.25, 0.3) is 22.4 Å². The molecule has 2 saturated heterocycles. The molecule has 2 aliphatic heterocycles. The first kappa shape index (κ1) is 30.2. The maximum absolute atomic E-state index is 13.9. The summed E-state index contributed by atoms with van der Waals surface area (Å²) in [7, 11) is -1.69. The van der Waals surface area contributed by atoms with Crippen LogP contribution in [0.1, 0.15) is 43.7 Å². The van der Waals surface area contributed by atoms with Crippen LogP contribution in [0.5, 0.6) is 5.75 Å². The van der Waals surface area contributed by atoms with Crippen molar-refractivity contribution in [1.29, 1.82) is 0 Å². The number of hydrogen-bond acceptors (Lipinski definition) is 6. The second kappa shape index (κ2) is 12.4. The van der Waals surface area contributed by atoms with Crippen LogP contribution < -0.4 is 10.4 Å². The maximum atomic E-state index is 13.9. The maximum Gasteiger partial charge on any atom is 0.488 e. The zero-order valence-electron chi connectivity index (χ0n) is 25.7. The van der Waals surface area contributed by atoms with E-state index in [-0.39, 0.29) is 35.0 Å². The highest BCUT2D eigenvalue weighted by molar-refractivity contribution is 6.58. The van der Waals surface area contributed by atoms with Gasteiger partial charge >= 0.3 is 7.12 Å². The molecule has 7 rings (SSSR count). The second-order valence-corrected chi connectivity index (χ2v) is 12.5. The molecule has 2 amide bonds. The minimum atomic E-state index is -1.69. The first-order chi connectivity index (χ1) is 22.4. The molecule has 0 unspecified atom stereocenters. The first-order valence-electron chi connectivity index (χ1n) is 16.0.